The molecule has 0 rings (SSSR count). The Bertz CT molecular complexity index is 180. The van der Waals surface area contributed by atoms with Crippen LogP contribution >= 0.6 is 17.2 Å². The van der Waals surface area contributed by atoms with Crippen molar-refractivity contribution in [3.05, 3.63) is 0 Å². The minimum Gasteiger partial charge on any atom is -0.377 e. The molecular formula is C12H28O7P2. The summed E-state index contributed by atoms with van der Waals surface area (Å²) in [6.45, 7) is 11.7. The van der Waals surface area contributed by atoms with Crippen molar-refractivity contribution in [2.75, 3.05) is 52.9 Å². The Hall–Kier alpha value is 0.580. The molecule has 0 spiro atoms. The van der Waals surface area contributed by atoms with Gasteiger partial charge in [0.1, 0.15) is 0 Å². The summed E-state index contributed by atoms with van der Waals surface area (Å²) in [5.74, 6) is 0. The van der Waals surface area contributed by atoms with Gasteiger partial charge < -0.3 is 31.9 Å². The summed E-state index contributed by atoms with van der Waals surface area (Å²) < 4.78 is 37.5. The quantitative estimate of drug-likeness (QED) is 0.312. The standard InChI is InChI=1S/C12H28O7P2/c1-5-14-20(15-6-2)18-11-9-13-10-12-19-21(16-7-3)17-8-4/h5-12H2,1-4H3. The zero-order valence-corrected chi connectivity index (χ0v) is 15.2. The van der Waals surface area contributed by atoms with E-state index in [1.165, 1.54) is 0 Å². The molecule has 0 N–H and O–H groups in total. The lowest BCUT2D eigenvalue weighted by atomic mass is 10.7. The zero-order valence-electron chi connectivity index (χ0n) is 13.4. The van der Waals surface area contributed by atoms with Gasteiger partial charge in [-0.3, -0.25) is 0 Å². The Balaban J connectivity index is 3.48. The van der Waals surface area contributed by atoms with Gasteiger partial charge in [0.2, 0.25) is 0 Å². The second-order valence-electron chi connectivity index (χ2n) is 3.40. The summed E-state index contributed by atoms with van der Waals surface area (Å²) in [7, 11) is -2.51. The molecule has 0 heterocycles. The first-order valence-corrected chi connectivity index (χ1v) is 9.42. The molecule has 9 heteroatoms. The van der Waals surface area contributed by atoms with Crippen molar-refractivity contribution in [1.29, 1.82) is 0 Å². The third-order valence-corrected chi connectivity index (χ3v) is 4.45. The molecule has 0 fully saturated rings. The van der Waals surface area contributed by atoms with Crippen LogP contribution in [0.1, 0.15) is 27.7 Å². The summed E-state index contributed by atoms with van der Waals surface area (Å²) >= 11 is 0. The van der Waals surface area contributed by atoms with E-state index in [1.807, 2.05) is 27.7 Å². The van der Waals surface area contributed by atoms with Gasteiger partial charge in [0.15, 0.2) is 0 Å². The van der Waals surface area contributed by atoms with Gasteiger partial charge in [0.05, 0.1) is 52.9 Å². The van der Waals surface area contributed by atoms with Crippen LogP contribution in [0.2, 0.25) is 0 Å². The molecule has 128 valence electrons. The van der Waals surface area contributed by atoms with Gasteiger partial charge in [-0.15, -0.1) is 0 Å². The van der Waals surface area contributed by atoms with Crippen molar-refractivity contribution in [3.8, 4) is 0 Å². The summed E-state index contributed by atoms with van der Waals surface area (Å²) in [6.07, 6.45) is 0. The van der Waals surface area contributed by atoms with Crippen LogP contribution < -0.4 is 0 Å². The number of ether oxygens (including phenoxy) is 1. The lowest BCUT2D eigenvalue weighted by molar-refractivity contribution is 0.0593. The second-order valence-corrected chi connectivity index (χ2v) is 5.84. The Morgan fingerprint density at radius 3 is 1.10 bits per heavy atom. The third kappa shape index (κ3) is 13.9. The summed E-state index contributed by atoms with van der Waals surface area (Å²) in [5.41, 5.74) is 0. The van der Waals surface area contributed by atoms with Crippen molar-refractivity contribution in [2.45, 2.75) is 27.7 Å². The normalized spacial score (nSPS) is 11.7. The van der Waals surface area contributed by atoms with Crippen LogP contribution in [0.4, 0.5) is 0 Å². The average molecular weight is 346 g/mol. The monoisotopic (exact) mass is 346 g/mol. The topological polar surface area (TPSA) is 64.6 Å². The molecule has 0 saturated heterocycles. The Morgan fingerprint density at radius 1 is 0.476 bits per heavy atom. The molecule has 0 aliphatic heterocycles. The van der Waals surface area contributed by atoms with Crippen molar-refractivity contribution >= 4 is 17.2 Å². The first kappa shape index (κ1) is 21.6. The summed E-state index contributed by atoms with van der Waals surface area (Å²) in [4.78, 5) is 0. The van der Waals surface area contributed by atoms with Crippen LogP contribution in [0.5, 0.6) is 0 Å². The minimum atomic E-state index is -1.25. The van der Waals surface area contributed by atoms with Gasteiger partial charge in [0.25, 0.3) is 0 Å². The van der Waals surface area contributed by atoms with E-state index in [-0.39, 0.29) is 0 Å². The summed E-state index contributed by atoms with van der Waals surface area (Å²) in [6, 6.07) is 0. The largest absolute Gasteiger partial charge is 0.377 e. The van der Waals surface area contributed by atoms with Crippen LogP contribution in [-0.4, -0.2) is 52.9 Å². The fourth-order valence-corrected chi connectivity index (χ4v) is 2.83. The molecule has 0 amide bonds. The third-order valence-electron chi connectivity index (χ3n) is 1.79. The van der Waals surface area contributed by atoms with Crippen LogP contribution in [0.3, 0.4) is 0 Å². The number of rotatable bonds is 16. The van der Waals surface area contributed by atoms with E-state index in [0.717, 1.165) is 0 Å². The highest BCUT2D eigenvalue weighted by Crippen LogP contribution is 2.39. The maximum atomic E-state index is 5.44. The van der Waals surface area contributed by atoms with Crippen LogP contribution in [0.15, 0.2) is 0 Å². The SMILES string of the molecule is CCOP(OCC)OCCOCCOP(OCC)OCC. The van der Waals surface area contributed by atoms with Crippen molar-refractivity contribution < 1.29 is 31.9 Å². The summed E-state index contributed by atoms with van der Waals surface area (Å²) in [5, 5.41) is 0. The predicted octanol–water partition coefficient (Wildman–Crippen LogP) is 3.64. The molecule has 0 bridgehead atoms. The second kappa shape index (κ2) is 16.9. The molecule has 0 radical (unpaired) electrons. The lowest BCUT2D eigenvalue weighted by Gasteiger charge is -2.16. The zero-order chi connectivity index (χ0) is 15.8. The van der Waals surface area contributed by atoms with Crippen LogP contribution in [0.25, 0.3) is 0 Å². The molecule has 0 aromatic heterocycles. The number of hydrogen-bond acceptors (Lipinski definition) is 7. The smallest absolute Gasteiger partial charge is 0.332 e. The van der Waals surface area contributed by atoms with E-state index >= 15 is 0 Å². The highest BCUT2D eigenvalue weighted by molar-refractivity contribution is 7.41. The minimum absolute atomic E-state index is 0.428. The highest BCUT2D eigenvalue weighted by atomic mass is 31.2. The molecule has 0 aliphatic rings. The maximum absolute atomic E-state index is 5.44. The van der Waals surface area contributed by atoms with E-state index in [0.29, 0.717) is 52.9 Å². The van der Waals surface area contributed by atoms with Gasteiger partial charge in [-0.25, -0.2) is 0 Å². The molecule has 0 atom stereocenters. The van der Waals surface area contributed by atoms with Gasteiger partial charge >= 0.3 is 17.2 Å². The van der Waals surface area contributed by atoms with Gasteiger partial charge in [-0.2, -0.15) is 0 Å². The molecule has 0 aromatic carbocycles. The molecular weight excluding hydrogens is 318 g/mol. The maximum Gasteiger partial charge on any atom is 0.332 e. The Morgan fingerprint density at radius 2 is 0.810 bits per heavy atom. The molecule has 7 nitrogen and oxygen atoms in total. The van der Waals surface area contributed by atoms with Gasteiger partial charge in [-0.1, -0.05) is 0 Å². The molecule has 21 heavy (non-hydrogen) atoms. The average Bonchev–Trinajstić information content (AvgIpc) is 2.47. The van der Waals surface area contributed by atoms with Gasteiger partial charge in [0, 0.05) is 0 Å². The Kier molecular flexibility index (Phi) is 17.4. The van der Waals surface area contributed by atoms with Crippen molar-refractivity contribution in [1.82, 2.24) is 0 Å². The van der Waals surface area contributed by atoms with E-state index in [2.05, 4.69) is 0 Å². The van der Waals surface area contributed by atoms with E-state index in [1.54, 1.807) is 0 Å². The van der Waals surface area contributed by atoms with Crippen molar-refractivity contribution in [3.63, 3.8) is 0 Å². The molecule has 0 unspecified atom stereocenters. The molecule has 0 saturated carbocycles. The lowest BCUT2D eigenvalue weighted by Crippen LogP contribution is -2.08. The predicted molar refractivity (Wildman–Crippen MR) is 83.1 cm³/mol. The van der Waals surface area contributed by atoms with Gasteiger partial charge in [-0.05, 0) is 27.7 Å². The number of hydrogen-bond donors (Lipinski definition) is 0. The first-order valence-electron chi connectivity index (χ1n) is 7.23. The fourth-order valence-electron chi connectivity index (χ4n) is 1.09. The van der Waals surface area contributed by atoms with E-state index < -0.39 is 17.2 Å². The van der Waals surface area contributed by atoms with E-state index in [4.69, 9.17) is 31.9 Å². The van der Waals surface area contributed by atoms with Crippen LogP contribution in [0, 0.1) is 0 Å². The van der Waals surface area contributed by atoms with Crippen LogP contribution in [-0.2, 0) is 31.9 Å². The van der Waals surface area contributed by atoms with E-state index in [9.17, 15) is 0 Å². The molecule has 0 aromatic rings. The highest BCUT2D eigenvalue weighted by Gasteiger charge is 2.11. The fraction of sp³-hybridized carbons (Fsp3) is 1.00. The molecule has 0 aliphatic carbocycles. The first-order chi connectivity index (χ1) is 10.3. The van der Waals surface area contributed by atoms with Crippen molar-refractivity contribution in [2.24, 2.45) is 0 Å². The Labute approximate surface area is 130 Å².